The van der Waals surface area contributed by atoms with Crippen molar-refractivity contribution in [2.24, 2.45) is 11.8 Å². The highest BCUT2D eigenvalue weighted by molar-refractivity contribution is 7.18. The standard InChI is InChI=1S/C31H39N3O2S/c1-4-21(3)29(35)32-27(22-12-6-5-7-13-22)31(36)34-18-10-16-25(34)30-33-28-24(15-9-17-26(28)37-30)23-14-8-11-20(2)19-23/h8-9,11,14-15,17,19,21-22,25,27H,4-7,10,12-13,16,18H2,1-3H3,(H,32,35)/t21-,25+,27+/m1/s1. The lowest BCUT2D eigenvalue weighted by molar-refractivity contribution is -0.140. The first-order valence-corrected chi connectivity index (χ1v) is 14.8. The van der Waals surface area contributed by atoms with Crippen LogP contribution in [-0.2, 0) is 9.59 Å². The Balaban J connectivity index is 1.44. The number of likely N-dealkylation sites (tertiary alicyclic amines) is 1. The van der Waals surface area contributed by atoms with Crippen LogP contribution in [0.4, 0.5) is 0 Å². The molecule has 2 aliphatic rings. The Labute approximate surface area is 224 Å². The van der Waals surface area contributed by atoms with E-state index < -0.39 is 6.04 Å². The smallest absolute Gasteiger partial charge is 0.246 e. The Morgan fingerprint density at radius 1 is 1.08 bits per heavy atom. The summed E-state index contributed by atoms with van der Waals surface area (Å²) < 4.78 is 1.15. The third kappa shape index (κ3) is 5.45. The van der Waals surface area contributed by atoms with Gasteiger partial charge < -0.3 is 10.2 Å². The number of amides is 2. The van der Waals surface area contributed by atoms with Gasteiger partial charge in [-0.2, -0.15) is 0 Å². The maximum Gasteiger partial charge on any atom is 0.246 e. The van der Waals surface area contributed by atoms with Gasteiger partial charge in [-0.3, -0.25) is 9.59 Å². The fraction of sp³-hybridized carbons (Fsp3) is 0.516. The minimum absolute atomic E-state index is 0.00459. The maximum absolute atomic E-state index is 14.1. The van der Waals surface area contributed by atoms with E-state index in [9.17, 15) is 9.59 Å². The second-order valence-corrected chi connectivity index (χ2v) is 12.0. The molecule has 2 heterocycles. The van der Waals surface area contributed by atoms with Crippen molar-refractivity contribution < 1.29 is 9.59 Å². The van der Waals surface area contributed by atoms with Crippen molar-refractivity contribution >= 4 is 33.4 Å². The normalized spacial score (nSPS) is 20.2. The minimum Gasteiger partial charge on any atom is -0.344 e. The molecule has 0 bridgehead atoms. The third-order valence-electron chi connectivity index (χ3n) is 8.33. The van der Waals surface area contributed by atoms with Crippen LogP contribution in [0, 0.1) is 18.8 Å². The molecule has 2 fully saturated rings. The van der Waals surface area contributed by atoms with Crippen molar-refractivity contribution in [2.45, 2.75) is 84.2 Å². The molecule has 1 aliphatic carbocycles. The fourth-order valence-corrected chi connectivity index (χ4v) is 7.09. The molecule has 37 heavy (non-hydrogen) atoms. The lowest BCUT2D eigenvalue weighted by Gasteiger charge is -2.35. The van der Waals surface area contributed by atoms with E-state index in [1.807, 2.05) is 18.7 Å². The molecule has 1 saturated carbocycles. The average Bonchev–Trinajstić information content (AvgIpc) is 3.58. The van der Waals surface area contributed by atoms with Gasteiger partial charge in [-0.05, 0) is 56.6 Å². The van der Waals surface area contributed by atoms with E-state index in [0.29, 0.717) is 0 Å². The van der Waals surface area contributed by atoms with E-state index in [1.54, 1.807) is 11.3 Å². The van der Waals surface area contributed by atoms with Crippen LogP contribution in [0.5, 0.6) is 0 Å². The number of para-hydroxylation sites is 1. The Kier molecular flexibility index (Phi) is 7.94. The van der Waals surface area contributed by atoms with Gasteiger partial charge in [-0.25, -0.2) is 4.98 Å². The van der Waals surface area contributed by atoms with Crippen molar-refractivity contribution in [3.8, 4) is 11.1 Å². The number of nitrogens with zero attached hydrogens (tertiary/aromatic N) is 2. The molecule has 1 saturated heterocycles. The van der Waals surface area contributed by atoms with Crippen LogP contribution in [0.1, 0.15) is 81.8 Å². The van der Waals surface area contributed by atoms with Gasteiger partial charge in [-0.1, -0.05) is 75.1 Å². The topological polar surface area (TPSA) is 62.3 Å². The van der Waals surface area contributed by atoms with Gasteiger partial charge >= 0.3 is 0 Å². The van der Waals surface area contributed by atoms with Crippen LogP contribution in [-0.4, -0.2) is 34.3 Å². The van der Waals surface area contributed by atoms with Gasteiger partial charge in [0.15, 0.2) is 0 Å². The van der Waals surface area contributed by atoms with E-state index in [1.165, 1.54) is 17.5 Å². The first-order valence-electron chi connectivity index (χ1n) is 14.0. The number of benzene rings is 2. The van der Waals surface area contributed by atoms with Crippen molar-refractivity contribution in [3.05, 3.63) is 53.0 Å². The van der Waals surface area contributed by atoms with E-state index >= 15 is 0 Å². The van der Waals surface area contributed by atoms with Crippen LogP contribution >= 0.6 is 11.3 Å². The predicted octanol–water partition coefficient (Wildman–Crippen LogP) is 7.05. The molecule has 2 aromatic carbocycles. The highest BCUT2D eigenvalue weighted by Gasteiger charge is 2.40. The molecule has 6 heteroatoms. The number of aromatic nitrogens is 1. The number of thiazole rings is 1. The van der Waals surface area contributed by atoms with Crippen molar-refractivity contribution in [2.75, 3.05) is 6.54 Å². The number of hydrogen-bond acceptors (Lipinski definition) is 4. The van der Waals surface area contributed by atoms with Crippen LogP contribution in [0.3, 0.4) is 0 Å². The second-order valence-electron chi connectivity index (χ2n) is 11.0. The molecule has 2 amide bonds. The monoisotopic (exact) mass is 517 g/mol. The summed E-state index contributed by atoms with van der Waals surface area (Å²) in [6, 6.07) is 14.5. The number of nitrogens with one attached hydrogen (secondary N) is 1. The number of hydrogen-bond donors (Lipinski definition) is 1. The van der Waals surface area contributed by atoms with E-state index in [4.69, 9.17) is 4.98 Å². The van der Waals surface area contributed by atoms with Crippen molar-refractivity contribution in [3.63, 3.8) is 0 Å². The molecule has 1 aliphatic heterocycles. The average molecular weight is 518 g/mol. The summed E-state index contributed by atoms with van der Waals surface area (Å²) in [6.07, 6.45) is 8.17. The van der Waals surface area contributed by atoms with Crippen LogP contribution in [0.25, 0.3) is 21.3 Å². The number of carbonyl (C=O) groups is 2. The zero-order valence-electron chi connectivity index (χ0n) is 22.3. The molecule has 1 aromatic heterocycles. The fourth-order valence-electron chi connectivity index (χ4n) is 5.95. The molecular formula is C31H39N3O2S. The summed E-state index contributed by atoms with van der Waals surface area (Å²) in [7, 11) is 0. The number of rotatable bonds is 7. The molecule has 0 unspecified atom stereocenters. The molecule has 3 atom stereocenters. The number of carbonyl (C=O) groups excluding carboxylic acids is 2. The molecule has 0 spiro atoms. The first-order chi connectivity index (χ1) is 18.0. The Morgan fingerprint density at radius 3 is 2.62 bits per heavy atom. The Bertz CT molecular complexity index is 1260. The van der Waals surface area contributed by atoms with Gasteiger partial charge in [0.2, 0.25) is 11.8 Å². The minimum atomic E-state index is -0.431. The number of aryl methyl sites for hydroxylation is 1. The Morgan fingerprint density at radius 2 is 1.86 bits per heavy atom. The molecule has 196 valence electrons. The molecular weight excluding hydrogens is 478 g/mol. The van der Waals surface area contributed by atoms with Crippen LogP contribution in [0.2, 0.25) is 0 Å². The summed E-state index contributed by atoms with van der Waals surface area (Å²) in [6.45, 7) is 6.81. The molecule has 5 nitrogen and oxygen atoms in total. The summed E-state index contributed by atoms with van der Waals surface area (Å²) in [5.41, 5.74) is 4.56. The SMILES string of the molecule is CC[C@@H](C)C(=O)N[C@H](C(=O)N1CCC[C@H]1c1nc2c(-c3cccc(C)c3)cccc2s1)C1CCCCC1. The van der Waals surface area contributed by atoms with Gasteiger partial charge in [0.25, 0.3) is 0 Å². The first kappa shape index (κ1) is 25.9. The third-order valence-corrected chi connectivity index (χ3v) is 9.45. The van der Waals surface area contributed by atoms with Crippen LogP contribution in [0.15, 0.2) is 42.5 Å². The van der Waals surface area contributed by atoms with Gasteiger partial charge in [0.1, 0.15) is 11.0 Å². The number of fused-ring (bicyclic) bond motifs is 1. The maximum atomic E-state index is 14.1. The van der Waals surface area contributed by atoms with E-state index in [0.717, 1.165) is 72.3 Å². The highest BCUT2D eigenvalue weighted by atomic mass is 32.1. The second kappa shape index (κ2) is 11.3. The molecule has 5 rings (SSSR count). The van der Waals surface area contributed by atoms with E-state index in [-0.39, 0.29) is 29.7 Å². The molecule has 0 radical (unpaired) electrons. The van der Waals surface area contributed by atoms with Gasteiger partial charge in [-0.15, -0.1) is 11.3 Å². The Hall–Kier alpha value is -2.73. The van der Waals surface area contributed by atoms with Crippen molar-refractivity contribution in [1.82, 2.24) is 15.2 Å². The summed E-state index contributed by atoms with van der Waals surface area (Å²) >= 11 is 1.71. The van der Waals surface area contributed by atoms with Crippen LogP contribution < -0.4 is 5.32 Å². The zero-order chi connectivity index (χ0) is 25.9. The van der Waals surface area contributed by atoms with E-state index in [2.05, 4.69) is 54.7 Å². The largest absolute Gasteiger partial charge is 0.344 e. The lowest BCUT2D eigenvalue weighted by atomic mass is 9.83. The zero-order valence-corrected chi connectivity index (χ0v) is 23.2. The van der Waals surface area contributed by atoms with Gasteiger partial charge in [0, 0.05) is 18.0 Å². The van der Waals surface area contributed by atoms with Gasteiger partial charge in [0.05, 0.1) is 16.3 Å². The summed E-state index contributed by atoms with van der Waals surface area (Å²) in [5, 5.41) is 4.21. The molecule has 1 N–H and O–H groups in total. The van der Waals surface area contributed by atoms with Crippen molar-refractivity contribution in [1.29, 1.82) is 0 Å². The summed E-state index contributed by atoms with van der Waals surface area (Å²) in [4.78, 5) is 34.2. The predicted molar refractivity (Wildman–Crippen MR) is 151 cm³/mol. The quantitative estimate of drug-likeness (QED) is 0.365. The highest BCUT2D eigenvalue weighted by Crippen LogP contribution is 2.40. The molecule has 3 aromatic rings. The lowest BCUT2D eigenvalue weighted by Crippen LogP contribution is -2.53. The summed E-state index contributed by atoms with van der Waals surface area (Å²) in [5.74, 6) is 0.227.